The van der Waals surface area contributed by atoms with Crippen LogP contribution in [-0.2, 0) is 4.74 Å². The van der Waals surface area contributed by atoms with E-state index in [2.05, 4.69) is 15.4 Å². The van der Waals surface area contributed by atoms with Crippen LogP contribution in [0, 0.1) is 5.82 Å². The van der Waals surface area contributed by atoms with Crippen LogP contribution < -0.4 is 5.32 Å². The summed E-state index contributed by atoms with van der Waals surface area (Å²) in [5.41, 5.74) is 0.963. The van der Waals surface area contributed by atoms with Gasteiger partial charge in [-0.3, -0.25) is 9.69 Å². The molecule has 0 saturated carbocycles. The van der Waals surface area contributed by atoms with Crippen molar-refractivity contribution in [2.24, 2.45) is 0 Å². The minimum atomic E-state index is -0.365. The molecular formula is C20H20FN3O4. The molecule has 146 valence electrons. The largest absolute Gasteiger partial charge is 0.461 e. The van der Waals surface area contributed by atoms with E-state index in [1.807, 2.05) is 6.07 Å². The van der Waals surface area contributed by atoms with Gasteiger partial charge >= 0.3 is 0 Å². The Kier molecular flexibility index (Phi) is 5.50. The Morgan fingerprint density at radius 3 is 2.79 bits per heavy atom. The van der Waals surface area contributed by atoms with Gasteiger partial charge in [0.25, 0.3) is 5.91 Å². The van der Waals surface area contributed by atoms with Crippen LogP contribution in [0.25, 0.3) is 11.5 Å². The number of rotatable bonds is 6. The average molecular weight is 385 g/mol. The van der Waals surface area contributed by atoms with E-state index in [4.69, 9.17) is 13.7 Å². The van der Waals surface area contributed by atoms with E-state index in [1.54, 1.807) is 18.2 Å². The summed E-state index contributed by atoms with van der Waals surface area (Å²) >= 11 is 0. The fourth-order valence-corrected chi connectivity index (χ4v) is 3.26. The highest BCUT2D eigenvalue weighted by atomic mass is 19.1. The van der Waals surface area contributed by atoms with Gasteiger partial charge in [-0.05, 0) is 29.8 Å². The number of hydrogen-bond donors (Lipinski definition) is 1. The zero-order chi connectivity index (χ0) is 19.3. The lowest BCUT2D eigenvalue weighted by Gasteiger charge is -2.34. The highest BCUT2D eigenvalue weighted by Crippen LogP contribution is 2.23. The van der Waals surface area contributed by atoms with Crippen molar-refractivity contribution in [3.05, 3.63) is 65.8 Å². The molecule has 0 radical (unpaired) electrons. The molecule has 8 heteroatoms. The number of aromatic nitrogens is 1. The first-order valence-corrected chi connectivity index (χ1v) is 9.07. The summed E-state index contributed by atoms with van der Waals surface area (Å²) in [6.45, 7) is 2.95. The van der Waals surface area contributed by atoms with E-state index in [0.717, 1.165) is 5.56 Å². The van der Waals surface area contributed by atoms with Crippen molar-refractivity contribution in [2.45, 2.75) is 6.04 Å². The Labute approximate surface area is 161 Å². The number of benzene rings is 1. The first kappa shape index (κ1) is 18.4. The first-order chi connectivity index (χ1) is 13.7. The Morgan fingerprint density at radius 2 is 2.04 bits per heavy atom. The molecule has 1 amide bonds. The maximum atomic E-state index is 13.7. The molecule has 1 aliphatic heterocycles. The maximum absolute atomic E-state index is 13.7. The minimum Gasteiger partial charge on any atom is -0.461 e. The predicted molar refractivity (Wildman–Crippen MR) is 98.1 cm³/mol. The van der Waals surface area contributed by atoms with Gasteiger partial charge < -0.3 is 19.0 Å². The average Bonchev–Trinajstić information content (AvgIpc) is 3.41. The molecule has 1 saturated heterocycles. The minimum absolute atomic E-state index is 0.159. The molecule has 7 nitrogen and oxygen atoms in total. The summed E-state index contributed by atoms with van der Waals surface area (Å²) in [4.78, 5) is 14.7. The van der Waals surface area contributed by atoms with Crippen molar-refractivity contribution < 1.29 is 22.9 Å². The zero-order valence-electron chi connectivity index (χ0n) is 15.1. The summed E-state index contributed by atoms with van der Waals surface area (Å²) in [5.74, 6) is 0.209. The van der Waals surface area contributed by atoms with Crippen molar-refractivity contribution in [1.29, 1.82) is 0 Å². The van der Waals surface area contributed by atoms with E-state index < -0.39 is 0 Å². The molecule has 4 rings (SSSR count). The molecule has 3 heterocycles. The molecule has 1 aromatic carbocycles. The first-order valence-electron chi connectivity index (χ1n) is 9.07. The monoisotopic (exact) mass is 385 g/mol. The number of halogens is 1. The molecule has 1 aliphatic rings. The Balaban J connectivity index is 1.47. The van der Waals surface area contributed by atoms with Crippen molar-refractivity contribution in [2.75, 3.05) is 32.8 Å². The SMILES string of the molecule is O=C(NCC(c1cccc(F)c1)N1CCOCC1)c1cc(-c2ccco2)on1. The Hall–Kier alpha value is -2.97. The highest BCUT2D eigenvalue weighted by Gasteiger charge is 2.24. The van der Waals surface area contributed by atoms with Gasteiger partial charge in [0.1, 0.15) is 5.82 Å². The lowest BCUT2D eigenvalue weighted by molar-refractivity contribution is 0.0161. The zero-order valence-corrected chi connectivity index (χ0v) is 15.1. The van der Waals surface area contributed by atoms with Gasteiger partial charge in [0.05, 0.1) is 25.5 Å². The second kappa shape index (κ2) is 8.37. The molecule has 0 spiro atoms. The fraction of sp³-hybridized carbons (Fsp3) is 0.300. The van der Waals surface area contributed by atoms with Gasteiger partial charge in [0.15, 0.2) is 11.5 Å². The van der Waals surface area contributed by atoms with Crippen molar-refractivity contribution >= 4 is 5.91 Å². The van der Waals surface area contributed by atoms with Crippen LogP contribution in [-0.4, -0.2) is 48.8 Å². The summed E-state index contributed by atoms with van der Waals surface area (Å²) in [6, 6.07) is 11.2. The summed E-state index contributed by atoms with van der Waals surface area (Å²) in [5, 5.41) is 6.68. The van der Waals surface area contributed by atoms with Crippen LogP contribution >= 0.6 is 0 Å². The van der Waals surface area contributed by atoms with Crippen molar-refractivity contribution in [3.63, 3.8) is 0 Å². The van der Waals surface area contributed by atoms with E-state index >= 15 is 0 Å². The summed E-state index contributed by atoms with van der Waals surface area (Å²) < 4.78 is 29.6. The van der Waals surface area contributed by atoms with Crippen molar-refractivity contribution in [3.8, 4) is 11.5 Å². The molecule has 1 N–H and O–H groups in total. The predicted octanol–water partition coefficient (Wildman–Crippen LogP) is 2.88. The Morgan fingerprint density at radius 1 is 1.18 bits per heavy atom. The summed E-state index contributed by atoms with van der Waals surface area (Å²) in [6.07, 6.45) is 1.52. The third kappa shape index (κ3) is 4.13. The van der Waals surface area contributed by atoms with Gasteiger partial charge in [0, 0.05) is 25.7 Å². The van der Waals surface area contributed by atoms with E-state index in [1.165, 1.54) is 24.5 Å². The molecule has 28 heavy (non-hydrogen) atoms. The topological polar surface area (TPSA) is 80.7 Å². The van der Waals surface area contributed by atoms with E-state index in [9.17, 15) is 9.18 Å². The molecule has 1 unspecified atom stereocenters. The smallest absolute Gasteiger partial charge is 0.273 e. The molecule has 1 fully saturated rings. The summed E-state index contributed by atoms with van der Waals surface area (Å²) in [7, 11) is 0. The molecule has 2 aromatic heterocycles. The maximum Gasteiger partial charge on any atom is 0.273 e. The number of hydrogen-bond acceptors (Lipinski definition) is 6. The quantitative estimate of drug-likeness (QED) is 0.703. The van der Waals surface area contributed by atoms with Crippen LogP contribution in [0.2, 0.25) is 0 Å². The van der Waals surface area contributed by atoms with Gasteiger partial charge in [-0.2, -0.15) is 0 Å². The number of nitrogens with zero attached hydrogens (tertiary/aromatic N) is 2. The van der Waals surface area contributed by atoms with Crippen LogP contribution in [0.15, 0.2) is 57.7 Å². The van der Waals surface area contributed by atoms with Crippen LogP contribution in [0.1, 0.15) is 22.1 Å². The number of amides is 1. The normalized spacial score (nSPS) is 16.0. The van der Waals surface area contributed by atoms with Crippen molar-refractivity contribution in [1.82, 2.24) is 15.4 Å². The third-order valence-corrected chi connectivity index (χ3v) is 4.68. The van der Waals surface area contributed by atoms with Crippen LogP contribution in [0.3, 0.4) is 0 Å². The molecule has 3 aromatic rings. The number of carbonyl (C=O) groups excluding carboxylic acids is 1. The molecule has 0 bridgehead atoms. The van der Waals surface area contributed by atoms with Crippen LogP contribution in [0.5, 0.6) is 0 Å². The molecule has 1 atom stereocenters. The number of carbonyl (C=O) groups is 1. The lowest BCUT2D eigenvalue weighted by Crippen LogP contribution is -2.43. The number of ether oxygens (including phenoxy) is 1. The molecular weight excluding hydrogens is 365 g/mol. The fourth-order valence-electron chi connectivity index (χ4n) is 3.26. The number of nitrogens with one attached hydrogen (secondary N) is 1. The number of furan rings is 1. The second-order valence-electron chi connectivity index (χ2n) is 6.48. The van der Waals surface area contributed by atoms with E-state index in [0.29, 0.717) is 44.4 Å². The van der Waals surface area contributed by atoms with E-state index in [-0.39, 0.29) is 23.5 Å². The van der Waals surface area contributed by atoms with Gasteiger partial charge in [0.2, 0.25) is 5.76 Å². The van der Waals surface area contributed by atoms with Crippen LogP contribution in [0.4, 0.5) is 4.39 Å². The van der Waals surface area contributed by atoms with Gasteiger partial charge in [-0.1, -0.05) is 17.3 Å². The highest BCUT2D eigenvalue weighted by molar-refractivity contribution is 5.92. The standard InChI is InChI=1S/C20H20FN3O4/c21-15-4-1-3-14(11-15)17(24-6-9-26-10-7-24)13-22-20(25)16-12-19(28-23-16)18-5-2-8-27-18/h1-5,8,11-12,17H,6-7,9-10,13H2,(H,22,25). The Bertz CT molecular complexity index is 919. The third-order valence-electron chi connectivity index (χ3n) is 4.68. The van der Waals surface area contributed by atoms with Gasteiger partial charge in [-0.15, -0.1) is 0 Å². The second-order valence-corrected chi connectivity index (χ2v) is 6.48. The number of morpholine rings is 1. The lowest BCUT2D eigenvalue weighted by atomic mass is 10.0. The van der Waals surface area contributed by atoms with Gasteiger partial charge in [-0.25, -0.2) is 4.39 Å². The molecule has 0 aliphatic carbocycles.